The molecule has 18 heteroatoms. The number of halogens is 1. The lowest BCUT2D eigenvalue weighted by Crippen LogP contribution is -2.71. The van der Waals surface area contributed by atoms with Crippen LogP contribution in [0.15, 0.2) is 47.0 Å². The minimum absolute atomic E-state index is 0.00472. The summed E-state index contributed by atoms with van der Waals surface area (Å²) in [6, 6.07) is 5.21. The van der Waals surface area contributed by atoms with Gasteiger partial charge in [0.1, 0.15) is 32.7 Å². The first-order valence-electron chi connectivity index (χ1n) is 13.8. The molecule has 15 nitrogen and oxygen atoms in total. The molecule has 45 heavy (non-hydrogen) atoms. The Kier molecular flexibility index (Phi) is 8.43. The standard InChI is InChI=1S/C27H27ClN8O7S2/c1-12(25(39)40)43-33-18(17-21(28)45-27(29)32-17)22(37)31-19-23(38)36-20(26(41)42)13(11-44-24(19)36)10-34-7-2-3-16-15(34)5-8-35(16)14-4-6-30-9-14/h2-3,5,7-8,12,14,19,24,30H,4,6,9-11H2,1H3,(H4-,29,31,32,37,39,40,41,42)/p+1/b33-18-/t12-,14-,19+,24+/m0/s1. The summed E-state index contributed by atoms with van der Waals surface area (Å²) in [5.41, 5.74) is 7.50. The number of carboxylic acid groups (broad SMARTS) is 2. The van der Waals surface area contributed by atoms with Gasteiger partial charge < -0.3 is 36.0 Å². The van der Waals surface area contributed by atoms with E-state index in [0.717, 1.165) is 41.9 Å². The second-order valence-corrected chi connectivity index (χ2v) is 13.3. The van der Waals surface area contributed by atoms with Crippen LogP contribution in [0.2, 0.25) is 4.34 Å². The van der Waals surface area contributed by atoms with Crippen molar-refractivity contribution in [2.24, 2.45) is 5.16 Å². The van der Waals surface area contributed by atoms with Crippen molar-refractivity contribution in [3.8, 4) is 0 Å². The summed E-state index contributed by atoms with van der Waals surface area (Å²) < 4.78 is 4.21. The highest BCUT2D eigenvalue weighted by Crippen LogP contribution is 2.40. The molecule has 0 radical (unpaired) electrons. The molecule has 6 heterocycles. The number of thioether (sulfide) groups is 1. The third-order valence-electron chi connectivity index (χ3n) is 7.78. The van der Waals surface area contributed by atoms with Gasteiger partial charge in [-0.1, -0.05) is 28.1 Å². The number of nitrogen functional groups attached to an aromatic ring is 1. The van der Waals surface area contributed by atoms with Gasteiger partial charge in [-0.25, -0.2) is 14.6 Å². The molecule has 0 saturated carbocycles. The molecule has 236 valence electrons. The fourth-order valence-corrected chi connectivity index (χ4v) is 7.83. The molecule has 3 aliphatic heterocycles. The monoisotopic (exact) mass is 675 g/mol. The van der Waals surface area contributed by atoms with Crippen LogP contribution in [0.1, 0.15) is 25.1 Å². The molecule has 2 amide bonds. The normalized spacial score (nSPS) is 22.3. The first kappa shape index (κ1) is 30.8. The Morgan fingerprint density at radius 2 is 2.16 bits per heavy atom. The predicted octanol–water partition coefficient (Wildman–Crippen LogP) is 0.788. The molecule has 0 aromatic carbocycles. The number of hydrogen-bond acceptors (Lipinski definition) is 11. The number of hydrogen-bond donors (Lipinski definition) is 5. The zero-order chi connectivity index (χ0) is 32.0. The Morgan fingerprint density at radius 1 is 1.36 bits per heavy atom. The maximum Gasteiger partial charge on any atom is 0.352 e. The fourth-order valence-electron chi connectivity index (χ4n) is 5.57. The second-order valence-electron chi connectivity index (χ2n) is 10.6. The van der Waals surface area contributed by atoms with Crippen LogP contribution in [-0.4, -0.2) is 90.5 Å². The van der Waals surface area contributed by atoms with Gasteiger partial charge in [-0.2, -0.15) is 4.57 Å². The third-order valence-corrected chi connectivity index (χ3v) is 10.2. The summed E-state index contributed by atoms with van der Waals surface area (Å²) in [6.45, 7) is 3.30. The number of nitrogens with one attached hydrogen (secondary N) is 2. The Morgan fingerprint density at radius 3 is 2.82 bits per heavy atom. The number of oxime groups is 1. The molecule has 6 rings (SSSR count). The van der Waals surface area contributed by atoms with Gasteiger partial charge in [0.2, 0.25) is 11.6 Å². The molecule has 3 aliphatic rings. The highest BCUT2D eigenvalue weighted by atomic mass is 35.5. The van der Waals surface area contributed by atoms with Crippen LogP contribution in [0.4, 0.5) is 5.13 Å². The van der Waals surface area contributed by atoms with E-state index in [4.69, 9.17) is 27.3 Å². The smallest absolute Gasteiger partial charge is 0.352 e. The first-order valence-corrected chi connectivity index (χ1v) is 16.1. The van der Waals surface area contributed by atoms with E-state index in [1.54, 1.807) is 0 Å². The van der Waals surface area contributed by atoms with Crippen LogP contribution in [0.25, 0.3) is 11.0 Å². The lowest BCUT2D eigenvalue weighted by molar-refractivity contribution is -0.663. The number of nitrogens with zero attached hydrogens (tertiary/aromatic N) is 5. The number of aliphatic carboxylic acids is 2. The highest BCUT2D eigenvalue weighted by molar-refractivity contribution is 8.00. The summed E-state index contributed by atoms with van der Waals surface area (Å²) in [5.74, 6) is -3.82. The van der Waals surface area contributed by atoms with Crippen molar-refractivity contribution in [2.45, 2.75) is 43.5 Å². The topological polar surface area (TPSA) is 205 Å². The molecule has 3 aromatic rings. The number of β-lactam (4-membered cyclic amide) rings is 1. The number of pyridine rings is 1. The van der Waals surface area contributed by atoms with Gasteiger partial charge in [-0.05, 0) is 26.0 Å². The molecule has 2 saturated heterocycles. The molecule has 0 unspecified atom stereocenters. The van der Waals surface area contributed by atoms with Crippen molar-refractivity contribution in [2.75, 3.05) is 24.6 Å². The molecular formula is C27H28ClN8O7S2+. The van der Waals surface area contributed by atoms with Crippen molar-refractivity contribution in [3.63, 3.8) is 0 Å². The SMILES string of the molecule is C[C@H](O/N=C(\C(=O)N[C@@H]1C(=O)N2C(C(=O)O)=C(C[n+]3cccc4c3ccn4[C@H]3CCNC3)CS[C@H]12)c1nc(N)sc1Cl)C(=O)O. The van der Waals surface area contributed by atoms with E-state index in [0.29, 0.717) is 17.4 Å². The van der Waals surface area contributed by atoms with Crippen LogP contribution in [0.3, 0.4) is 0 Å². The summed E-state index contributed by atoms with van der Waals surface area (Å²) in [7, 11) is 0. The van der Waals surface area contributed by atoms with Crippen molar-refractivity contribution in [3.05, 3.63) is 51.9 Å². The molecule has 3 aromatic heterocycles. The zero-order valence-corrected chi connectivity index (χ0v) is 26.1. The van der Waals surface area contributed by atoms with Gasteiger partial charge in [-0.3, -0.25) is 14.5 Å². The summed E-state index contributed by atoms with van der Waals surface area (Å²) >= 11 is 8.36. The van der Waals surface area contributed by atoms with Crippen molar-refractivity contribution < 1.29 is 38.8 Å². The van der Waals surface area contributed by atoms with E-state index in [-0.39, 0.29) is 27.4 Å². The molecule has 4 atom stereocenters. The number of carboxylic acids is 2. The van der Waals surface area contributed by atoms with E-state index >= 15 is 0 Å². The average molecular weight is 676 g/mol. The van der Waals surface area contributed by atoms with Gasteiger partial charge in [0.25, 0.3) is 11.8 Å². The predicted molar refractivity (Wildman–Crippen MR) is 165 cm³/mol. The van der Waals surface area contributed by atoms with Gasteiger partial charge in [0, 0.05) is 42.2 Å². The zero-order valence-electron chi connectivity index (χ0n) is 23.7. The Bertz CT molecular complexity index is 1780. The largest absolute Gasteiger partial charge is 0.478 e. The summed E-state index contributed by atoms with van der Waals surface area (Å²) in [5, 5.41) is 28.3. The lowest BCUT2D eigenvalue weighted by Gasteiger charge is -2.49. The van der Waals surface area contributed by atoms with E-state index in [1.807, 2.05) is 35.2 Å². The second kappa shape index (κ2) is 12.3. The van der Waals surface area contributed by atoms with Gasteiger partial charge >= 0.3 is 11.9 Å². The number of amides is 2. The molecule has 2 fully saturated rings. The van der Waals surface area contributed by atoms with E-state index in [1.165, 1.54) is 23.6 Å². The number of anilines is 1. The Balaban J connectivity index is 1.23. The molecule has 6 N–H and O–H groups in total. The number of carbonyl (C=O) groups excluding carboxylic acids is 2. The number of carbonyl (C=O) groups is 4. The fraction of sp³-hybridized carbons (Fsp3) is 0.370. The lowest BCUT2D eigenvalue weighted by atomic mass is 10.0. The van der Waals surface area contributed by atoms with Crippen molar-refractivity contribution in [1.82, 2.24) is 25.1 Å². The Labute approximate surface area is 268 Å². The highest BCUT2D eigenvalue weighted by Gasteiger charge is 2.55. The number of rotatable bonds is 10. The van der Waals surface area contributed by atoms with Crippen molar-refractivity contribution in [1.29, 1.82) is 0 Å². The molecule has 0 spiro atoms. The number of fused-ring (bicyclic) bond motifs is 2. The van der Waals surface area contributed by atoms with Crippen LogP contribution >= 0.6 is 34.7 Å². The average Bonchev–Trinajstić information content (AvgIpc) is 3.76. The summed E-state index contributed by atoms with van der Waals surface area (Å²) in [6.07, 6.45) is 3.54. The van der Waals surface area contributed by atoms with E-state index in [9.17, 15) is 24.3 Å². The van der Waals surface area contributed by atoms with Crippen LogP contribution < -0.4 is 20.9 Å². The molecule has 0 bridgehead atoms. The van der Waals surface area contributed by atoms with Gasteiger partial charge in [0.15, 0.2) is 23.6 Å². The van der Waals surface area contributed by atoms with Crippen LogP contribution in [-0.2, 0) is 30.6 Å². The first-order chi connectivity index (χ1) is 21.5. The maximum absolute atomic E-state index is 13.4. The third kappa shape index (κ3) is 5.71. The summed E-state index contributed by atoms with van der Waals surface area (Å²) in [4.78, 5) is 60.5. The minimum Gasteiger partial charge on any atom is -0.478 e. The van der Waals surface area contributed by atoms with Gasteiger partial charge in [0.05, 0.1) is 0 Å². The van der Waals surface area contributed by atoms with Crippen LogP contribution in [0.5, 0.6) is 0 Å². The minimum atomic E-state index is -1.40. The van der Waals surface area contributed by atoms with Crippen LogP contribution in [0, 0.1) is 0 Å². The number of nitrogens with two attached hydrogens (primary N) is 1. The molecular weight excluding hydrogens is 648 g/mol. The van der Waals surface area contributed by atoms with Gasteiger partial charge in [-0.15, -0.1) is 11.8 Å². The maximum atomic E-state index is 13.4. The van der Waals surface area contributed by atoms with E-state index in [2.05, 4.69) is 25.3 Å². The number of thiazole rings is 1. The Hall–Kier alpha value is -4.19. The quantitative estimate of drug-likeness (QED) is 0.0879. The molecule has 0 aliphatic carbocycles. The number of aromatic nitrogens is 3. The van der Waals surface area contributed by atoms with Crippen molar-refractivity contribution >= 4 is 80.3 Å². The van der Waals surface area contributed by atoms with E-state index < -0.39 is 47.0 Å².